The molecular weight excluding hydrogens is 266 g/mol. The number of fused-ring (bicyclic) bond motifs is 1. The lowest BCUT2D eigenvalue weighted by Crippen LogP contribution is -2.14. The molecule has 0 radical (unpaired) electrons. The fourth-order valence-electron chi connectivity index (χ4n) is 2.39. The van der Waals surface area contributed by atoms with Crippen molar-refractivity contribution in [2.24, 2.45) is 5.73 Å². The summed E-state index contributed by atoms with van der Waals surface area (Å²) in [4.78, 5) is 23.4. The van der Waals surface area contributed by atoms with Crippen LogP contribution in [0, 0.1) is 0 Å². The van der Waals surface area contributed by atoms with Gasteiger partial charge in [-0.2, -0.15) is 0 Å². The predicted octanol–water partition coefficient (Wildman–Crippen LogP) is 2.01. The molecule has 1 heterocycles. The average Bonchev–Trinajstić information content (AvgIpc) is 2.94. The standard InChI is InChI=1S/C16H15N3O2/c17-15(20)11-2-1-3-13(8-11)19-16(21)12-5-4-10-6-7-18-14(10)9-12/h1-5,8-9,18H,6-7H2,(H2,17,20)(H,19,21). The van der Waals surface area contributed by atoms with Crippen LogP contribution >= 0.6 is 0 Å². The first-order valence-corrected chi connectivity index (χ1v) is 6.71. The van der Waals surface area contributed by atoms with Crippen LogP contribution in [0.5, 0.6) is 0 Å². The zero-order valence-corrected chi connectivity index (χ0v) is 11.3. The van der Waals surface area contributed by atoms with Crippen LogP contribution in [-0.4, -0.2) is 18.4 Å². The van der Waals surface area contributed by atoms with E-state index in [1.165, 1.54) is 5.56 Å². The topological polar surface area (TPSA) is 84.2 Å². The molecule has 0 saturated carbocycles. The highest BCUT2D eigenvalue weighted by molar-refractivity contribution is 6.05. The molecule has 2 aromatic carbocycles. The molecule has 0 fully saturated rings. The van der Waals surface area contributed by atoms with E-state index in [1.807, 2.05) is 12.1 Å². The van der Waals surface area contributed by atoms with E-state index >= 15 is 0 Å². The first-order valence-electron chi connectivity index (χ1n) is 6.71. The number of hydrogen-bond donors (Lipinski definition) is 3. The minimum atomic E-state index is -0.521. The molecule has 2 aromatic rings. The molecule has 2 amide bonds. The fourth-order valence-corrected chi connectivity index (χ4v) is 2.39. The Morgan fingerprint density at radius 2 is 1.95 bits per heavy atom. The molecule has 21 heavy (non-hydrogen) atoms. The maximum absolute atomic E-state index is 12.2. The van der Waals surface area contributed by atoms with Crippen LogP contribution < -0.4 is 16.4 Å². The van der Waals surface area contributed by atoms with Crippen molar-refractivity contribution >= 4 is 23.2 Å². The molecule has 1 aliphatic rings. The lowest BCUT2D eigenvalue weighted by Gasteiger charge is -2.08. The molecule has 0 saturated heterocycles. The molecular formula is C16H15N3O2. The zero-order chi connectivity index (χ0) is 14.8. The Kier molecular flexibility index (Phi) is 3.31. The fraction of sp³-hybridized carbons (Fsp3) is 0.125. The molecule has 3 rings (SSSR count). The van der Waals surface area contributed by atoms with Gasteiger partial charge in [0.2, 0.25) is 5.91 Å². The summed E-state index contributed by atoms with van der Waals surface area (Å²) in [6.45, 7) is 0.904. The summed E-state index contributed by atoms with van der Waals surface area (Å²) in [5.74, 6) is -0.735. The number of anilines is 2. The van der Waals surface area contributed by atoms with Gasteiger partial charge in [-0.25, -0.2) is 0 Å². The second-order valence-corrected chi connectivity index (χ2v) is 4.95. The van der Waals surface area contributed by atoms with Crippen LogP contribution in [0.4, 0.5) is 11.4 Å². The van der Waals surface area contributed by atoms with Crippen molar-refractivity contribution in [3.63, 3.8) is 0 Å². The lowest BCUT2D eigenvalue weighted by atomic mass is 10.1. The number of amides is 2. The van der Waals surface area contributed by atoms with Gasteiger partial charge in [0.15, 0.2) is 0 Å². The van der Waals surface area contributed by atoms with Gasteiger partial charge in [0.1, 0.15) is 0 Å². The SMILES string of the molecule is NC(=O)c1cccc(NC(=O)c2ccc3c(c2)NCC3)c1. The van der Waals surface area contributed by atoms with Crippen LogP contribution in [0.2, 0.25) is 0 Å². The Morgan fingerprint density at radius 3 is 2.76 bits per heavy atom. The number of carbonyl (C=O) groups is 2. The highest BCUT2D eigenvalue weighted by Crippen LogP contribution is 2.23. The van der Waals surface area contributed by atoms with Crippen molar-refractivity contribution in [2.75, 3.05) is 17.2 Å². The summed E-state index contributed by atoms with van der Waals surface area (Å²) < 4.78 is 0. The van der Waals surface area contributed by atoms with Gasteiger partial charge in [-0.1, -0.05) is 12.1 Å². The third kappa shape index (κ3) is 2.72. The predicted molar refractivity (Wildman–Crippen MR) is 81.5 cm³/mol. The van der Waals surface area contributed by atoms with Crippen molar-refractivity contribution in [3.8, 4) is 0 Å². The van der Waals surface area contributed by atoms with Crippen LogP contribution in [-0.2, 0) is 6.42 Å². The minimum Gasteiger partial charge on any atom is -0.384 e. The van der Waals surface area contributed by atoms with Crippen LogP contribution in [0.1, 0.15) is 26.3 Å². The summed E-state index contributed by atoms with van der Waals surface area (Å²) in [6, 6.07) is 12.2. The van der Waals surface area contributed by atoms with Gasteiger partial charge in [0, 0.05) is 29.0 Å². The Labute approximate surface area is 122 Å². The first kappa shape index (κ1) is 13.2. The summed E-state index contributed by atoms with van der Waals surface area (Å²) in [5.41, 5.74) is 8.95. The Morgan fingerprint density at radius 1 is 1.10 bits per heavy atom. The van der Waals surface area contributed by atoms with Gasteiger partial charge >= 0.3 is 0 Å². The Bertz CT molecular complexity index is 725. The van der Waals surface area contributed by atoms with Crippen LogP contribution in [0.25, 0.3) is 0 Å². The van der Waals surface area contributed by atoms with Crippen LogP contribution in [0.3, 0.4) is 0 Å². The normalized spacial score (nSPS) is 12.4. The highest BCUT2D eigenvalue weighted by Gasteiger charge is 2.13. The van der Waals surface area contributed by atoms with Crippen molar-refractivity contribution in [3.05, 3.63) is 59.2 Å². The van der Waals surface area contributed by atoms with Gasteiger partial charge in [0.05, 0.1) is 0 Å². The van der Waals surface area contributed by atoms with E-state index in [2.05, 4.69) is 10.6 Å². The average molecular weight is 281 g/mol. The van der Waals surface area contributed by atoms with Crippen molar-refractivity contribution in [1.82, 2.24) is 0 Å². The maximum Gasteiger partial charge on any atom is 0.255 e. The quantitative estimate of drug-likeness (QED) is 0.804. The molecule has 5 nitrogen and oxygen atoms in total. The number of primary amides is 1. The number of benzene rings is 2. The monoisotopic (exact) mass is 281 g/mol. The van der Waals surface area contributed by atoms with Gasteiger partial charge in [-0.05, 0) is 42.3 Å². The van der Waals surface area contributed by atoms with E-state index in [9.17, 15) is 9.59 Å². The number of hydrogen-bond acceptors (Lipinski definition) is 3. The van der Waals surface area contributed by atoms with E-state index in [0.717, 1.165) is 18.7 Å². The second kappa shape index (κ2) is 5.28. The molecule has 1 aliphatic heterocycles. The summed E-state index contributed by atoms with van der Waals surface area (Å²) in [7, 11) is 0. The third-order valence-corrected chi connectivity index (χ3v) is 3.49. The molecule has 106 valence electrons. The summed E-state index contributed by atoms with van der Waals surface area (Å²) in [5, 5.41) is 6.01. The van der Waals surface area contributed by atoms with Crippen molar-refractivity contribution in [2.45, 2.75) is 6.42 Å². The Hall–Kier alpha value is -2.82. The molecule has 5 heteroatoms. The molecule has 0 aliphatic carbocycles. The van der Waals surface area contributed by atoms with Crippen LogP contribution in [0.15, 0.2) is 42.5 Å². The van der Waals surface area contributed by atoms with Gasteiger partial charge < -0.3 is 16.4 Å². The first-order chi connectivity index (χ1) is 10.1. The van der Waals surface area contributed by atoms with Gasteiger partial charge in [0.25, 0.3) is 5.91 Å². The minimum absolute atomic E-state index is 0.215. The van der Waals surface area contributed by atoms with E-state index < -0.39 is 5.91 Å². The lowest BCUT2D eigenvalue weighted by molar-refractivity contribution is 0.0996. The van der Waals surface area contributed by atoms with E-state index in [-0.39, 0.29) is 5.91 Å². The highest BCUT2D eigenvalue weighted by atomic mass is 16.2. The summed E-state index contributed by atoms with van der Waals surface area (Å²) in [6.07, 6.45) is 0.984. The van der Waals surface area contributed by atoms with E-state index in [0.29, 0.717) is 16.8 Å². The van der Waals surface area contributed by atoms with E-state index in [1.54, 1.807) is 30.3 Å². The summed E-state index contributed by atoms with van der Waals surface area (Å²) >= 11 is 0. The van der Waals surface area contributed by atoms with Gasteiger partial charge in [-0.15, -0.1) is 0 Å². The van der Waals surface area contributed by atoms with E-state index in [4.69, 9.17) is 5.73 Å². The molecule has 0 atom stereocenters. The number of rotatable bonds is 3. The Balaban J connectivity index is 1.80. The molecule has 4 N–H and O–H groups in total. The van der Waals surface area contributed by atoms with Crippen molar-refractivity contribution < 1.29 is 9.59 Å². The third-order valence-electron chi connectivity index (χ3n) is 3.49. The van der Waals surface area contributed by atoms with Gasteiger partial charge in [-0.3, -0.25) is 9.59 Å². The maximum atomic E-state index is 12.2. The zero-order valence-electron chi connectivity index (χ0n) is 11.3. The smallest absolute Gasteiger partial charge is 0.255 e. The molecule has 0 aromatic heterocycles. The second-order valence-electron chi connectivity index (χ2n) is 4.95. The molecule has 0 spiro atoms. The molecule has 0 bridgehead atoms. The van der Waals surface area contributed by atoms with Crippen molar-refractivity contribution in [1.29, 1.82) is 0 Å². The largest absolute Gasteiger partial charge is 0.384 e. The number of nitrogens with two attached hydrogens (primary N) is 1. The molecule has 0 unspecified atom stereocenters. The number of nitrogens with one attached hydrogen (secondary N) is 2. The number of carbonyl (C=O) groups excluding carboxylic acids is 2.